The summed E-state index contributed by atoms with van der Waals surface area (Å²) in [7, 11) is 0. The molecule has 150 valence electrons. The predicted molar refractivity (Wildman–Crippen MR) is 102 cm³/mol. The van der Waals surface area contributed by atoms with Crippen molar-refractivity contribution in [1.82, 2.24) is 24.8 Å². The number of morpholine rings is 1. The normalized spacial score (nSPS) is 20.6. The molecule has 2 amide bonds. The minimum Gasteiger partial charge on any atom is -0.368 e. The topological polar surface area (TPSA) is 88.8 Å². The van der Waals surface area contributed by atoms with Crippen LogP contribution in [0, 0.1) is 12.8 Å². The lowest BCUT2D eigenvalue weighted by Gasteiger charge is -2.35. The highest BCUT2D eigenvalue weighted by Crippen LogP contribution is 2.30. The van der Waals surface area contributed by atoms with Gasteiger partial charge in [-0.25, -0.2) is 9.50 Å². The van der Waals surface area contributed by atoms with Crippen molar-refractivity contribution in [3.63, 3.8) is 0 Å². The molecule has 2 aromatic heterocycles. The van der Waals surface area contributed by atoms with E-state index >= 15 is 0 Å². The first-order chi connectivity index (χ1) is 13.5. The lowest BCUT2D eigenvalue weighted by atomic mass is 10.0. The molecule has 2 aliphatic rings. The number of carbonyl (C=O) groups is 2. The van der Waals surface area contributed by atoms with E-state index in [-0.39, 0.29) is 23.8 Å². The maximum Gasteiger partial charge on any atom is 0.225 e. The number of rotatable bonds is 4. The van der Waals surface area contributed by atoms with Crippen molar-refractivity contribution in [3.8, 4) is 0 Å². The van der Waals surface area contributed by atoms with Crippen LogP contribution in [0.1, 0.15) is 55.7 Å². The first-order valence-corrected chi connectivity index (χ1v) is 10.0. The number of carbonyl (C=O) groups excluding carboxylic acids is 2. The minimum absolute atomic E-state index is 0.106. The fourth-order valence-electron chi connectivity index (χ4n) is 4.25. The van der Waals surface area contributed by atoms with Crippen LogP contribution in [0.25, 0.3) is 5.65 Å². The largest absolute Gasteiger partial charge is 0.368 e. The molecule has 4 rings (SSSR count). The summed E-state index contributed by atoms with van der Waals surface area (Å²) in [4.78, 5) is 30.8. The van der Waals surface area contributed by atoms with Crippen LogP contribution in [0.5, 0.6) is 0 Å². The molecule has 2 fully saturated rings. The fourth-order valence-corrected chi connectivity index (χ4v) is 4.25. The van der Waals surface area contributed by atoms with E-state index < -0.39 is 0 Å². The van der Waals surface area contributed by atoms with E-state index in [9.17, 15) is 9.59 Å². The van der Waals surface area contributed by atoms with Gasteiger partial charge in [0.05, 0.1) is 24.5 Å². The molecular formula is C20H27N5O3. The third kappa shape index (κ3) is 3.73. The van der Waals surface area contributed by atoms with E-state index in [1.165, 1.54) is 6.92 Å². The molecule has 0 unspecified atom stereocenters. The monoisotopic (exact) mass is 385 g/mol. The number of ether oxygens (including phenoxy) is 1. The van der Waals surface area contributed by atoms with E-state index in [2.05, 4.69) is 15.4 Å². The molecule has 8 nitrogen and oxygen atoms in total. The molecule has 28 heavy (non-hydrogen) atoms. The second-order valence-corrected chi connectivity index (χ2v) is 7.76. The van der Waals surface area contributed by atoms with Gasteiger partial charge in [-0.3, -0.25) is 9.59 Å². The molecule has 1 saturated carbocycles. The van der Waals surface area contributed by atoms with E-state index in [4.69, 9.17) is 4.74 Å². The van der Waals surface area contributed by atoms with Crippen molar-refractivity contribution in [1.29, 1.82) is 0 Å². The van der Waals surface area contributed by atoms with Crippen LogP contribution in [0.3, 0.4) is 0 Å². The number of nitrogens with zero attached hydrogens (tertiary/aromatic N) is 4. The molecular weight excluding hydrogens is 358 g/mol. The SMILES string of the molecule is CC(=O)NCc1cnc2cc(C)nn2c1[C@@H]1CN(C(=O)C2CCCC2)CCO1. The maximum atomic E-state index is 12.9. The Bertz CT molecular complexity index is 887. The second-order valence-electron chi connectivity index (χ2n) is 7.76. The molecule has 1 saturated heterocycles. The number of nitrogens with one attached hydrogen (secondary N) is 1. The first kappa shape index (κ1) is 18.9. The summed E-state index contributed by atoms with van der Waals surface area (Å²) in [6.45, 7) is 5.38. The summed E-state index contributed by atoms with van der Waals surface area (Å²) in [5.41, 5.74) is 3.31. The smallest absolute Gasteiger partial charge is 0.225 e. The Hall–Kier alpha value is -2.48. The van der Waals surface area contributed by atoms with Crippen molar-refractivity contribution in [2.45, 2.75) is 52.2 Å². The molecule has 0 bridgehead atoms. The molecule has 1 N–H and O–H groups in total. The number of amides is 2. The Morgan fingerprint density at radius 2 is 2.11 bits per heavy atom. The molecule has 0 aromatic carbocycles. The van der Waals surface area contributed by atoms with Gasteiger partial charge in [-0.05, 0) is 19.8 Å². The van der Waals surface area contributed by atoms with Gasteiger partial charge in [-0.1, -0.05) is 12.8 Å². The van der Waals surface area contributed by atoms with Gasteiger partial charge in [-0.2, -0.15) is 5.10 Å². The van der Waals surface area contributed by atoms with E-state index in [0.717, 1.165) is 48.3 Å². The lowest BCUT2D eigenvalue weighted by molar-refractivity contribution is -0.143. The van der Waals surface area contributed by atoms with Gasteiger partial charge < -0.3 is 15.0 Å². The number of hydrogen-bond acceptors (Lipinski definition) is 5. The average molecular weight is 385 g/mol. The number of aryl methyl sites for hydroxylation is 1. The quantitative estimate of drug-likeness (QED) is 0.866. The van der Waals surface area contributed by atoms with Crippen molar-refractivity contribution in [2.24, 2.45) is 5.92 Å². The molecule has 1 atom stereocenters. The number of aromatic nitrogens is 3. The molecule has 3 heterocycles. The highest BCUT2D eigenvalue weighted by atomic mass is 16.5. The van der Waals surface area contributed by atoms with Gasteiger partial charge in [0.2, 0.25) is 11.8 Å². The van der Waals surface area contributed by atoms with Crippen LogP contribution in [0.4, 0.5) is 0 Å². The maximum absolute atomic E-state index is 12.9. The van der Waals surface area contributed by atoms with Crippen LogP contribution >= 0.6 is 0 Å². The average Bonchev–Trinajstić information content (AvgIpc) is 3.34. The summed E-state index contributed by atoms with van der Waals surface area (Å²) in [5.74, 6) is 0.295. The van der Waals surface area contributed by atoms with Gasteiger partial charge in [-0.15, -0.1) is 0 Å². The van der Waals surface area contributed by atoms with E-state index in [1.807, 2.05) is 17.9 Å². The summed E-state index contributed by atoms with van der Waals surface area (Å²) >= 11 is 0. The first-order valence-electron chi connectivity index (χ1n) is 10.0. The Labute approximate surface area is 164 Å². The Morgan fingerprint density at radius 3 is 2.86 bits per heavy atom. The zero-order chi connectivity index (χ0) is 19.7. The Kier molecular flexibility index (Phi) is 5.30. The van der Waals surface area contributed by atoms with Crippen molar-refractivity contribution >= 4 is 17.5 Å². The molecule has 1 aliphatic carbocycles. The third-order valence-electron chi connectivity index (χ3n) is 5.64. The highest BCUT2D eigenvalue weighted by molar-refractivity contribution is 5.79. The highest BCUT2D eigenvalue weighted by Gasteiger charge is 2.33. The summed E-state index contributed by atoms with van der Waals surface area (Å²) in [6, 6.07) is 1.91. The Balaban J connectivity index is 1.64. The molecule has 1 aliphatic heterocycles. The third-order valence-corrected chi connectivity index (χ3v) is 5.64. The molecule has 0 radical (unpaired) electrons. The van der Waals surface area contributed by atoms with Crippen LogP contribution in [-0.2, 0) is 20.9 Å². The summed E-state index contributed by atoms with van der Waals surface area (Å²) < 4.78 is 7.87. The van der Waals surface area contributed by atoms with Gasteiger partial charge in [0.15, 0.2) is 5.65 Å². The van der Waals surface area contributed by atoms with Crippen molar-refractivity contribution in [3.05, 3.63) is 29.2 Å². The fraction of sp³-hybridized carbons (Fsp3) is 0.600. The van der Waals surface area contributed by atoms with Crippen LogP contribution in [0.2, 0.25) is 0 Å². The standard InChI is InChI=1S/C20H27N5O3/c1-13-9-18-22-11-16(10-21-14(2)26)19(25(18)23-13)17-12-24(7-8-28-17)20(27)15-5-3-4-6-15/h9,11,15,17H,3-8,10,12H2,1-2H3,(H,21,26)/t17-/m0/s1. The molecule has 8 heteroatoms. The van der Waals surface area contributed by atoms with E-state index in [0.29, 0.717) is 26.2 Å². The molecule has 0 spiro atoms. The van der Waals surface area contributed by atoms with Gasteiger partial charge in [0, 0.05) is 43.8 Å². The van der Waals surface area contributed by atoms with Crippen molar-refractivity contribution in [2.75, 3.05) is 19.7 Å². The lowest BCUT2D eigenvalue weighted by Crippen LogP contribution is -2.45. The Morgan fingerprint density at radius 1 is 1.32 bits per heavy atom. The number of hydrogen-bond donors (Lipinski definition) is 1. The van der Waals surface area contributed by atoms with E-state index in [1.54, 1.807) is 10.7 Å². The molecule has 2 aromatic rings. The zero-order valence-corrected chi connectivity index (χ0v) is 16.5. The van der Waals surface area contributed by atoms with Gasteiger partial charge in [0.25, 0.3) is 0 Å². The van der Waals surface area contributed by atoms with Crippen molar-refractivity contribution < 1.29 is 14.3 Å². The zero-order valence-electron chi connectivity index (χ0n) is 16.5. The van der Waals surface area contributed by atoms with Gasteiger partial charge >= 0.3 is 0 Å². The van der Waals surface area contributed by atoms with Crippen LogP contribution in [-0.4, -0.2) is 51.0 Å². The number of fused-ring (bicyclic) bond motifs is 1. The van der Waals surface area contributed by atoms with Crippen LogP contribution in [0.15, 0.2) is 12.3 Å². The predicted octanol–water partition coefficient (Wildman–Crippen LogP) is 1.76. The van der Waals surface area contributed by atoms with Crippen LogP contribution < -0.4 is 5.32 Å². The van der Waals surface area contributed by atoms with Gasteiger partial charge in [0.1, 0.15) is 6.10 Å². The minimum atomic E-state index is -0.298. The summed E-state index contributed by atoms with van der Waals surface area (Å²) in [6.07, 6.45) is 5.74. The second kappa shape index (κ2) is 7.87. The summed E-state index contributed by atoms with van der Waals surface area (Å²) in [5, 5.41) is 7.42.